The highest BCUT2D eigenvalue weighted by molar-refractivity contribution is 7.89. The molecular weight excluding hydrogens is 456 g/mol. The standard InChI is InChI=1S/C24H30N4O5S/c1-18-10-14-26(15-11-18)22-9-8-19(16-23(22)28(30)31)24(29)25-20-6-5-7-21(17-20)34(32,33)27-12-3-2-4-13-27/h5-9,16-18H,2-4,10-15H2,1H3,(H,25,29). The van der Waals surface area contributed by atoms with Crippen LogP contribution in [0.2, 0.25) is 0 Å². The van der Waals surface area contributed by atoms with Gasteiger partial charge in [-0.25, -0.2) is 8.42 Å². The molecule has 182 valence electrons. The van der Waals surface area contributed by atoms with E-state index in [-0.39, 0.29) is 16.1 Å². The largest absolute Gasteiger partial charge is 0.366 e. The fourth-order valence-corrected chi connectivity index (χ4v) is 6.08. The van der Waals surface area contributed by atoms with Gasteiger partial charge in [0.1, 0.15) is 5.69 Å². The molecule has 2 heterocycles. The van der Waals surface area contributed by atoms with Crippen LogP contribution in [0.5, 0.6) is 0 Å². The number of hydrogen-bond donors (Lipinski definition) is 1. The van der Waals surface area contributed by atoms with E-state index in [0.29, 0.717) is 30.4 Å². The molecule has 34 heavy (non-hydrogen) atoms. The molecular formula is C24H30N4O5S. The van der Waals surface area contributed by atoms with Gasteiger partial charge in [-0.2, -0.15) is 4.31 Å². The molecule has 0 atom stereocenters. The number of nitro benzene ring substituents is 1. The predicted molar refractivity (Wildman–Crippen MR) is 131 cm³/mol. The smallest absolute Gasteiger partial charge is 0.293 e. The van der Waals surface area contributed by atoms with Crippen LogP contribution < -0.4 is 10.2 Å². The summed E-state index contributed by atoms with van der Waals surface area (Å²) < 4.78 is 27.4. The summed E-state index contributed by atoms with van der Waals surface area (Å²) in [6.07, 6.45) is 4.62. The van der Waals surface area contributed by atoms with Crippen molar-refractivity contribution in [1.29, 1.82) is 0 Å². The Kier molecular flexibility index (Phi) is 7.18. The first-order chi connectivity index (χ1) is 16.3. The van der Waals surface area contributed by atoms with Gasteiger partial charge in [0.15, 0.2) is 0 Å². The second kappa shape index (κ2) is 10.1. The fourth-order valence-electron chi connectivity index (χ4n) is 4.52. The summed E-state index contributed by atoms with van der Waals surface area (Å²) in [4.78, 5) is 26.3. The van der Waals surface area contributed by atoms with E-state index in [9.17, 15) is 23.3 Å². The summed E-state index contributed by atoms with van der Waals surface area (Å²) in [6, 6.07) is 10.6. The van der Waals surface area contributed by atoms with Crippen molar-refractivity contribution < 1.29 is 18.1 Å². The van der Waals surface area contributed by atoms with Crippen LogP contribution in [0.4, 0.5) is 17.1 Å². The molecule has 2 aromatic rings. The first-order valence-electron chi connectivity index (χ1n) is 11.7. The Morgan fingerprint density at radius 1 is 1.03 bits per heavy atom. The number of rotatable bonds is 6. The zero-order chi connectivity index (χ0) is 24.3. The maximum atomic E-state index is 13.0. The minimum absolute atomic E-state index is 0.108. The Morgan fingerprint density at radius 2 is 1.74 bits per heavy atom. The molecule has 0 spiro atoms. The third kappa shape index (κ3) is 5.23. The van der Waals surface area contributed by atoms with Crippen molar-refractivity contribution in [2.75, 3.05) is 36.4 Å². The van der Waals surface area contributed by atoms with Crippen LogP contribution in [0.1, 0.15) is 49.4 Å². The highest BCUT2D eigenvalue weighted by Gasteiger charge is 2.27. The van der Waals surface area contributed by atoms with Crippen LogP contribution in [0.15, 0.2) is 47.4 Å². The van der Waals surface area contributed by atoms with Gasteiger partial charge in [-0.05, 0) is 61.9 Å². The molecule has 0 unspecified atom stereocenters. The Hall–Kier alpha value is -2.98. The third-order valence-electron chi connectivity index (χ3n) is 6.60. The molecule has 0 radical (unpaired) electrons. The predicted octanol–water partition coefficient (Wildman–Crippen LogP) is 4.26. The lowest BCUT2D eigenvalue weighted by atomic mass is 9.98. The van der Waals surface area contributed by atoms with Gasteiger partial charge in [0.25, 0.3) is 11.6 Å². The van der Waals surface area contributed by atoms with Gasteiger partial charge in [-0.1, -0.05) is 19.4 Å². The molecule has 0 aliphatic carbocycles. The van der Waals surface area contributed by atoms with Crippen molar-refractivity contribution in [1.82, 2.24) is 4.31 Å². The third-order valence-corrected chi connectivity index (χ3v) is 8.50. The molecule has 0 bridgehead atoms. The van der Waals surface area contributed by atoms with Crippen molar-refractivity contribution in [3.05, 3.63) is 58.1 Å². The monoisotopic (exact) mass is 486 g/mol. The molecule has 2 fully saturated rings. The lowest BCUT2D eigenvalue weighted by molar-refractivity contribution is -0.384. The van der Waals surface area contributed by atoms with Gasteiger partial charge in [0.2, 0.25) is 10.0 Å². The summed E-state index contributed by atoms with van der Waals surface area (Å²) in [5.41, 5.74) is 0.872. The lowest BCUT2D eigenvalue weighted by Crippen LogP contribution is -2.35. The van der Waals surface area contributed by atoms with E-state index in [4.69, 9.17) is 0 Å². The lowest BCUT2D eigenvalue weighted by Gasteiger charge is -2.31. The molecule has 1 N–H and O–H groups in total. The number of piperidine rings is 2. The van der Waals surface area contributed by atoms with E-state index in [1.54, 1.807) is 24.3 Å². The molecule has 2 saturated heterocycles. The molecule has 2 aliphatic rings. The van der Waals surface area contributed by atoms with Crippen LogP contribution in [0, 0.1) is 16.0 Å². The van der Waals surface area contributed by atoms with Crippen LogP contribution in [-0.4, -0.2) is 49.7 Å². The normalized spacial score (nSPS) is 18.0. The molecule has 0 aromatic heterocycles. The first kappa shape index (κ1) is 24.2. The van der Waals surface area contributed by atoms with Gasteiger partial charge >= 0.3 is 0 Å². The highest BCUT2D eigenvalue weighted by atomic mass is 32.2. The highest BCUT2D eigenvalue weighted by Crippen LogP contribution is 2.32. The number of nitrogens with one attached hydrogen (secondary N) is 1. The minimum Gasteiger partial charge on any atom is -0.366 e. The summed E-state index contributed by atoms with van der Waals surface area (Å²) in [6.45, 7) is 4.64. The number of sulfonamides is 1. The zero-order valence-electron chi connectivity index (χ0n) is 19.3. The second-order valence-electron chi connectivity index (χ2n) is 9.08. The number of hydrogen-bond acceptors (Lipinski definition) is 6. The topological polar surface area (TPSA) is 113 Å². The number of anilines is 2. The van der Waals surface area contributed by atoms with Gasteiger partial charge in [0, 0.05) is 43.5 Å². The Balaban J connectivity index is 1.53. The molecule has 9 nitrogen and oxygen atoms in total. The number of benzene rings is 2. The van der Waals surface area contributed by atoms with Gasteiger partial charge < -0.3 is 10.2 Å². The maximum Gasteiger partial charge on any atom is 0.293 e. The maximum absolute atomic E-state index is 13.0. The Labute approximate surface area is 200 Å². The van der Waals surface area contributed by atoms with E-state index in [1.807, 2.05) is 4.90 Å². The van der Waals surface area contributed by atoms with Gasteiger partial charge in [-0.3, -0.25) is 14.9 Å². The van der Waals surface area contributed by atoms with Crippen molar-refractivity contribution in [3.63, 3.8) is 0 Å². The van der Waals surface area contributed by atoms with E-state index < -0.39 is 20.9 Å². The van der Waals surface area contributed by atoms with Gasteiger partial charge in [0.05, 0.1) is 9.82 Å². The Bertz CT molecular complexity index is 1170. The zero-order valence-corrected chi connectivity index (χ0v) is 20.1. The van der Waals surface area contributed by atoms with E-state index >= 15 is 0 Å². The van der Waals surface area contributed by atoms with Crippen LogP contribution in [0.25, 0.3) is 0 Å². The summed E-state index contributed by atoms with van der Waals surface area (Å²) in [5, 5.41) is 14.4. The van der Waals surface area contributed by atoms with Crippen LogP contribution in [-0.2, 0) is 10.0 Å². The van der Waals surface area contributed by atoms with E-state index in [2.05, 4.69) is 12.2 Å². The summed E-state index contributed by atoms with van der Waals surface area (Å²) in [7, 11) is -3.64. The molecule has 0 saturated carbocycles. The van der Waals surface area contributed by atoms with Crippen molar-refractivity contribution in [2.24, 2.45) is 5.92 Å². The van der Waals surface area contributed by atoms with Crippen LogP contribution >= 0.6 is 0 Å². The Morgan fingerprint density at radius 3 is 2.41 bits per heavy atom. The van der Waals surface area contributed by atoms with E-state index in [1.165, 1.54) is 22.5 Å². The average molecular weight is 487 g/mol. The van der Waals surface area contributed by atoms with Gasteiger partial charge in [-0.15, -0.1) is 0 Å². The quantitative estimate of drug-likeness (QED) is 0.482. The van der Waals surface area contributed by atoms with Crippen molar-refractivity contribution in [3.8, 4) is 0 Å². The van der Waals surface area contributed by atoms with Crippen molar-refractivity contribution in [2.45, 2.75) is 43.9 Å². The number of carbonyl (C=O) groups is 1. The van der Waals surface area contributed by atoms with Crippen molar-refractivity contribution >= 4 is 33.0 Å². The molecule has 1 amide bonds. The first-order valence-corrected chi connectivity index (χ1v) is 13.1. The van der Waals surface area contributed by atoms with Crippen LogP contribution in [0.3, 0.4) is 0 Å². The molecule has 2 aliphatic heterocycles. The fraction of sp³-hybridized carbons (Fsp3) is 0.458. The SMILES string of the molecule is CC1CCN(c2ccc(C(=O)Nc3cccc(S(=O)(=O)N4CCCCC4)c3)cc2[N+](=O)[O-])CC1. The molecule has 4 rings (SSSR count). The number of amides is 1. The summed E-state index contributed by atoms with van der Waals surface area (Å²) >= 11 is 0. The molecule has 2 aromatic carbocycles. The summed E-state index contributed by atoms with van der Waals surface area (Å²) in [5.74, 6) is 0.0595. The second-order valence-corrected chi connectivity index (χ2v) is 11.0. The average Bonchev–Trinajstić information content (AvgIpc) is 2.85. The number of carbonyl (C=O) groups excluding carboxylic acids is 1. The number of nitro groups is 1. The van der Waals surface area contributed by atoms with E-state index in [0.717, 1.165) is 45.2 Å². The number of nitrogens with zero attached hydrogens (tertiary/aromatic N) is 3. The minimum atomic E-state index is -3.64. The molecule has 10 heteroatoms.